The number of nitrogens with zero attached hydrogens (tertiary/aromatic N) is 2. The minimum absolute atomic E-state index is 0.0501. The van der Waals surface area contributed by atoms with Gasteiger partial charge in [-0.1, -0.05) is 16.8 Å². The van der Waals surface area contributed by atoms with Crippen LogP contribution in [0, 0.1) is 0 Å². The second-order valence-corrected chi connectivity index (χ2v) is 6.73. The number of nitrogen functional groups attached to an aromatic ring is 1. The molecule has 1 heterocycles. The molecule has 0 unspecified atom stereocenters. The molecule has 5 nitrogen and oxygen atoms in total. The van der Waals surface area contributed by atoms with Crippen molar-refractivity contribution in [2.75, 3.05) is 5.73 Å². The van der Waals surface area contributed by atoms with Gasteiger partial charge in [0.05, 0.1) is 11.1 Å². The average Bonchev–Trinajstić information content (AvgIpc) is 3.01. The Bertz CT molecular complexity index is 880. The van der Waals surface area contributed by atoms with Crippen molar-refractivity contribution in [1.82, 2.24) is 10.1 Å². The van der Waals surface area contributed by atoms with Crippen LogP contribution in [0.4, 0.5) is 5.69 Å². The number of rotatable bonds is 4. The molecule has 0 fully saturated rings. The van der Waals surface area contributed by atoms with E-state index in [4.69, 9.17) is 26.6 Å². The molecule has 3 rings (SSSR count). The topological polar surface area (TPSA) is 74.2 Å². The van der Waals surface area contributed by atoms with Crippen LogP contribution in [0.5, 0.6) is 5.75 Å². The second-order valence-electron chi connectivity index (χ2n) is 5.47. The first-order valence-corrected chi connectivity index (χ1v) is 8.47. The van der Waals surface area contributed by atoms with Crippen LogP contribution in [0.1, 0.15) is 13.8 Å². The number of hydrogen-bond donors (Lipinski definition) is 1. The molecule has 1 aromatic heterocycles. The van der Waals surface area contributed by atoms with Crippen molar-refractivity contribution in [3.05, 3.63) is 45.9 Å². The zero-order chi connectivity index (χ0) is 17.3. The van der Waals surface area contributed by atoms with Gasteiger partial charge in [-0.15, -0.1) is 0 Å². The van der Waals surface area contributed by atoms with Crippen LogP contribution in [0.15, 0.2) is 45.4 Å². The van der Waals surface area contributed by atoms with Crippen molar-refractivity contribution in [2.24, 2.45) is 0 Å². The molecule has 24 heavy (non-hydrogen) atoms. The molecule has 0 spiro atoms. The van der Waals surface area contributed by atoms with Gasteiger partial charge in [-0.2, -0.15) is 4.98 Å². The first-order chi connectivity index (χ1) is 11.4. The highest BCUT2D eigenvalue weighted by molar-refractivity contribution is 9.10. The lowest BCUT2D eigenvalue weighted by Crippen LogP contribution is -2.05. The molecule has 0 amide bonds. The predicted molar refractivity (Wildman–Crippen MR) is 98.1 cm³/mol. The van der Waals surface area contributed by atoms with Gasteiger partial charge in [0.1, 0.15) is 5.75 Å². The first-order valence-electron chi connectivity index (χ1n) is 7.29. The molecule has 0 atom stereocenters. The Hall–Kier alpha value is -2.05. The van der Waals surface area contributed by atoms with Gasteiger partial charge in [-0.3, -0.25) is 0 Å². The normalized spacial score (nSPS) is 11.0. The molecule has 7 heteroatoms. The Morgan fingerprint density at radius 1 is 1.17 bits per heavy atom. The summed E-state index contributed by atoms with van der Waals surface area (Å²) < 4.78 is 11.7. The molecular weight excluding hydrogens is 394 g/mol. The summed E-state index contributed by atoms with van der Waals surface area (Å²) in [5.74, 6) is 1.49. The fourth-order valence-electron chi connectivity index (χ4n) is 2.11. The molecule has 0 saturated carbocycles. The van der Waals surface area contributed by atoms with Gasteiger partial charge in [-0.05, 0) is 66.2 Å². The van der Waals surface area contributed by atoms with E-state index in [1.807, 2.05) is 32.0 Å². The van der Waals surface area contributed by atoms with Crippen LogP contribution >= 0.6 is 27.5 Å². The fourth-order valence-corrected chi connectivity index (χ4v) is 2.71. The zero-order valence-corrected chi connectivity index (χ0v) is 15.4. The molecule has 3 aromatic rings. The Morgan fingerprint density at radius 2 is 1.92 bits per heavy atom. The highest BCUT2D eigenvalue weighted by atomic mass is 79.9. The van der Waals surface area contributed by atoms with Gasteiger partial charge >= 0.3 is 0 Å². The van der Waals surface area contributed by atoms with E-state index in [2.05, 4.69) is 26.1 Å². The van der Waals surface area contributed by atoms with Gasteiger partial charge in [-0.25, -0.2) is 0 Å². The van der Waals surface area contributed by atoms with E-state index in [-0.39, 0.29) is 6.10 Å². The summed E-state index contributed by atoms with van der Waals surface area (Å²) in [6.07, 6.45) is 0.0501. The van der Waals surface area contributed by atoms with Crippen LogP contribution in [-0.4, -0.2) is 16.2 Å². The summed E-state index contributed by atoms with van der Waals surface area (Å²) >= 11 is 9.64. The van der Waals surface area contributed by atoms with Crippen molar-refractivity contribution >= 4 is 33.2 Å². The monoisotopic (exact) mass is 407 g/mol. The van der Waals surface area contributed by atoms with Crippen LogP contribution in [0.25, 0.3) is 22.8 Å². The van der Waals surface area contributed by atoms with Gasteiger partial charge < -0.3 is 15.0 Å². The van der Waals surface area contributed by atoms with Crippen molar-refractivity contribution in [3.63, 3.8) is 0 Å². The summed E-state index contributed by atoms with van der Waals surface area (Å²) in [6, 6.07) is 10.8. The van der Waals surface area contributed by atoms with Gasteiger partial charge in [0, 0.05) is 21.3 Å². The van der Waals surface area contributed by atoms with Crippen molar-refractivity contribution in [2.45, 2.75) is 20.0 Å². The largest absolute Gasteiger partial charge is 0.489 e. The molecule has 0 radical (unpaired) electrons. The predicted octanol–water partition coefficient (Wildman–Crippen LogP) is 5.19. The third kappa shape index (κ3) is 3.55. The van der Waals surface area contributed by atoms with E-state index in [0.717, 1.165) is 15.6 Å². The number of anilines is 1. The summed E-state index contributed by atoms with van der Waals surface area (Å²) in [5, 5.41) is 4.52. The zero-order valence-electron chi connectivity index (χ0n) is 13.1. The van der Waals surface area contributed by atoms with E-state index >= 15 is 0 Å². The van der Waals surface area contributed by atoms with E-state index < -0.39 is 0 Å². The molecule has 0 bridgehead atoms. The minimum Gasteiger partial charge on any atom is -0.489 e. The summed E-state index contributed by atoms with van der Waals surface area (Å²) in [7, 11) is 0. The van der Waals surface area contributed by atoms with E-state index in [9.17, 15) is 0 Å². The van der Waals surface area contributed by atoms with Gasteiger partial charge in [0.15, 0.2) is 0 Å². The SMILES string of the molecule is CC(C)Oc1ccc(-c2noc(-c3ccc(N)c(Br)c3)n2)cc1Cl. The van der Waals surface area contributed by atoms with Crippen molar-refractivity contribution in [1.29, 1.82) is 0 Å². The lowest BCUT2D eigenvalue weighted by Gasteiger charge is -2.11. The Kier molecular flexibility index (Phi) is 4.78. The number of halogens is 2. The average molecular weight is 409 g/mol. The van der Waals surface area contributed by atoms with Crippen LogP contribution < -0.4 is 10.5 Å². The first kappa shape index (κ1) is 16.8. The third-order valence-corrected chi connectivity index (χ3v) is 4.21. The highest BCUT2D eigenvalue weighted by Gasteiger charge is 2.13. The van der Waals surface area contributed by atoms with Crippen LogP contribution in [0.2, 0.25) is 5.02 Å². The number of aromatic nitrogens is 2. The fraction of sp³-hybridized carbons (Fsp3) is 0.176. The molecule has 2 aromatic carbocycles. The summed E-state index contributed by atoms with van der Waals surface area (Å²) in [4.78, 5) is 4.41. The molecule has 2 N–H and O–H groups in total. The van der Waals surface area contributed by atoms with Crippen LogP contribution in [-0.2, 0) is 0 Å². The number of nitrogens with two attached hydrogens (primary N) is 1. The lowest BCUT2D eigenvalue weighted by atomic mass is 10.2. The van der Waals surface area contributed by atoms with Gasteiger partial charge in [0.2, 0.25) is 5.82 Å². The third-order valence-electron chi connectivity index (χ3n) is 3.23. The highest BCUT2D eigenvalue weighted by Crippen LogP contribution is 2.32. The van der Waals surface area contributed by atoms with E-state index in [0.29, 0.717) is 28.2 Å². The van der Waals surface area contributed by atoms with Crippen LogP contribution in [0.3, 0.4) is 0 Å². The molecule has 124 valence electrons. The molecule has 0 aliphatic heterocycles. The number of ether oxygens (including phenoxy) is 1. The maximum Gasteiger partial charge on any atom is 0.258 e. The minimum atomic E-state index is 0.0501. The molecule has 0 aliphatic carbocycles. The van der Waals surface area contributed by atoms with E-state index in [1.54, 1.807) is 18.2 Å². The lowest BCUT2D eigenvalue weighted by molar-refractivity contribution is 0.242. The molecular formula is C17H15BrClN3O2. The summed E-state index contributed by atoms with van der Waals surface area (Å²) in [5.41, 5.74) is 7.96. The maximum atomic E-state index is 6.25. The second kappa shape index (κ2) is 6.83. The standard InChI is InChI=1S/C17H15BrClN3O2/c1-9(2)23-15-6-4-10(8-13(15)19)16-21-17(24-22-16)11-3-5-14(20)12(18)7-11/h3-9H,20H2,1-2H3. The number of benzene rings is 2. The van der Waals surface area contributed by atoms with Crippen molar-refractivity contribution in [3.8, 4) is 28.6 Å². The number of hydrogen-bond acceptors (Lipinski definition) is 5. The molecule has 0 aliphatic rings. The van der Waals surface area contributed by atoms with Gasteiger partial charge in [0.25, 0.3) is 5.89 Å². The smallest absolute Gasteiger partial charge is 0.258 e. The Morgan fingerprint density at radius 3 is 2.58 bits per heavy atom. The summed E-state index contributed by atoms with van der Waals surface area (Å²) in [6.45, 7) is 3.89. The Labute approximate surface area is 152 Å². The molecule has 0 saturated heterocycles. The quantitative estimate of drug-likeness (QED) is 0.601. The Balaban J connectivity index is 1.90. The van der Waals surface area contributed by atoms with Crippen molar-refractivity contribution < 1.29 is 9.26 Å². The van der Waals surface area contributed by atoms with E-state index in [1.165, 1.54) is 0 Å². The maximum absolute atomic E-state index is 6.25.